The molecule has 0 aliphatic carbocycles. The van der Waals surface area contributed by atoms with Crippen molar-refractivity contribution in [3.63, 3.8) is 0 Å². The molecule has 1 amide bonds. The zero-order chi connectivity index (χ0) is 15.0. The highest BCUT2D eigenvalue weighted by Crippen LogP contribution is 2.33. The molecule has 2 rings (SSSR count). The predicted octanol–water partition coefficient (Wildman–Crippen LogP) is 0.668. The van der Waals surface area contributed by atoms with Crippen LogP contribution in [0.3, 0.4) is 0 Å². The molecule has 1 aromatic rings. The summed E-state index contributed by atoms with van der Waals surface area (Å²) in [5, 5.41) is 18.3. The van der Waals surface area contributed by atoms with Gasteiger partial charge in [-0.1, -0.05) is 6.07 Å². The summed E-state index contributed by atoms with van der Waals surface area (Å²) >= 11 is 0. The first kappa shape index (κ1) is 14.2. The number of hydrogen-bond acceptors (Lipinski definition) is 4. The van der Waals surface area contributed by atoms with Crippen LogP contribution in [0.1, 0.15) is 27.9 Å². The Labute approximate surface area is 115 Å². The number of rotatable bonds is 4. The first-order valence-electron chi connectivity index (χ1n) is 6.18. The Hall–Kier alpha value is -2.21. The SMILES string of the molecule is Cc1cc(C)c2c(c1)C(=O)C(=O)N2CC(O)CC(=O)O. The Bertz CT molecular complexity index is 608. The lowest BCUT2D eigenvalue weighted by Crippen LogP contribution is -2.37. The number of carboxylic acids is 1. The van der Waals surface area contributed by atoms with Gasteiger partial charge in [0.1, 0.15) is 0 Å². The maximum Gasteiger partial charge on any atom is 0.306 e. The molecule has 6 heteroatoms. The lowest BCUT2D eigenvalue weighted by molar-refractivity contribution is -0.139. The zero-order valence-electron chi connectivity index (χ0n) is 11.2. The maximum absolute atomic E-state index is 12.0. The van der Waals surface area contributed by atoms with E-state index in [1.54, 1.807) is 13.0 Å². The van der Waals surface area contributed by atoms with Crippen LogP contribution >= 0.6 is 0 Å². The number of Topliss-reactive ketones (excluding diaryl/α,β-unsaturated/α-hetero) is 1. The topological polar surface area (TPSA) is 94.9 Å². The molecule has 0 fully saturated rings. The number of fused-ring (bicyclic) bond motifs is 1. The number of amides is 1. The molecule has 1 aliphatic rings. The highest BCUT2D eigenvalue weighted by molar-refractivity contribution is 6.52. The second-order valence-electron chi connectivity index (χ2n) is 4.97. The fourth-order valence-electron chi connectivity index (χ4n) is 2.48. The lowest BCUT2D eigenvalue weighted by Gasteiger charge is -2.21. The van der Waals surface area contributed by atoms with Crippen molar-refractivity contribution in [1.82, 2.24) is 0 Å². The van der Waals surface area contributed by atoms with E-state index in [0.717, 1.165) is 11.1 Å². The van der Waals surface area contributed by atoms with E-state index in [-0.39, 0.29) is 6.54 Å². The van der Waals surface area contributed by atoms with Crippen LogP contribution in [-0.2, 0) is 9.59 Å². The van der Waals surface area contributed by atoms with E-state index in [1.807, 2.05) is 13.0 Å². The third-order valence-electron chi connectivity index (χ3n) is 3.20. The summed E-state index contributed by atoms with van der Waals surface area (Å²) in [6.07, 6.45) is -1.69. The first-order valence-corrected chi connectivity index (χ1v) is 6.18. The number of anilines is 1. The smallest absolute Gasteiger partial charge is 0.306 e. The second kappa shape index (κ2) is 5.05. The molecule has 1 aliphatic heterocycles. The predicted molar refractivity (Wildman–Crippen MR) is 70.9 cm³/mol. The molecule has 0 aromatic heterocycles. The standard InChI is InChI=1S/C14H15NO5/c1-7-3-8(2)12-10(4-7)13(19)14(20)15(12)6-9(16)5-11(17)18/h3-4,9,16H,5-6H2,1-2H3,(H,17,18). The normalized spacial score (nSPS) is 15.4. The minimum absolute atomic E-state index is 0.201. The largest absolute Gasteiger partial charge is 0.481 e. The number of aliphatic carboxylic acids is 1. The Morgan fingerprint density at radius 1 is 1.30 bits per heavy atom. The van der Waals surface area contributed by atoms with Crippen LogP contribution in [0.4, 0.5) is 5.69 Å². The van der Waals surface area contributed by atoms with Crippen LogP contribution in [0.2, 0.25) is 0 Å². The number of ketones is 1. The van der Waals surface area contributed by atoms with Crippen LogP contribution in [-0.4, -0.2) is 40.5 Å². The highest BCUT2D eigenvalue weighted by Gasteiger charge is 2.38. The summed E-state index contributed by atoms with van der Waals surface area (Å²) in [7, 11) is 0. The van der Waals surface area contributed by atoms with Gasteiger partial charge in [-0.2, -0.15) is 0 Å². The van der Waals surface area contributed by atoms with Crippen LogP contribution in [0, 0.1) is 13.8 Å². The number of β-amino-alcohol motifs (C(OH)–C–C–N with tert-alkyl or cyclic N) is 1. The summed E-state index contributed by atoms with van der Waals surface area (Å²) < 4.78 is 0. The molecule has 106 valence electrons. The maximum atomic E-state index is 12.0. The van der Waals surface area contributed by atoms with Gasteiger partial charge in [0, 0.05) is 0 Å². The Morgan fingerprint density at radius 2 is 1.95 bits per heavy atom. The average Bonchev–Trinajstić information content (AvgIpc) is 2.53. The summed E-state index contributed by atoms with van der Waals surface area (Å²) in [5.41, 5.74) is 2.40. The number of aliphatic hydroxyl groups is 1. The van der Waals surface area contributed by atoms with Gasteiger partial charge in [0.2, 0.25) is 0 Å². The molecule has 2 N–H and O–H groups in total. The fourth-order valence-corrected chi connectivity index (χ4v) is 2.48. The Morgan fingerprint density at radius 3 is 2.55 bits per heavy atom. The van der Waals surface area contributed by atoms with E-state index in [2.05, 4.69) is 0 Å². The van der Waals surface area contributed by atoms with E-state index in [9.17, 15) is 19.5 Å². The third-order valence-corrected chi connectivity index (χ3v) is 3.20. The van der Waals surface area contributed by atoms with Crippen molar-refractivity contribution >= 4 is 23.3 Å². The molecule has 0 saturated heterocycles. The molecule has 1 unspecified atom stereocenters. The number of aliphatic hydroxyl groups excluding tert-OH is 1. The van der Waals surface area contributed by atoms with Gasteiger partial charge >= 0.3 is 5.97 Å². The summed E-state index contributed by atoms with van der Waals surface area (Å²) in [5.74, 6) is -2.50. The zero-order valence-corrected chi connectivity index (χ0v) is 11.2. The van der Waals surface area contributed by atoms with Crippen molar-refractivity contribution < 1.29 is 24.6 Å². The van der Waals surface area contributed by atoms with Crippen LogP contribution in [0.25, 0.3) is 0 Å². The molecular formula is C14H15NO5. The molecule has 1 heterocycles. The minimum atomic E-state index is -1.21. The number of carbonyl (C=O) groups excluding carboxylic acids is 2. The highest BCUT2D eigenvalue weighted by atomic mass is 16.4. The summed E-state index contributed by atoms with van der Waals surface area (Å²) in [6, 6.07) is 3.47. The minimum Gasteiger partial charge on any atom is -0.481 e. The molecule has 0 saturated carbocycles. The van der Waals surface area contributed by atoms with Crippen LogP contribution in [0.5, 0.6) is 0 Å². The molecule has 0 bridgehead atoms. The number of nitrogens with zero attached hydrogens (tertiary/aromatic N) is 1. The molecular weight excluding hydrogens is 262 g/mol. The van der Waals surface area contributed by atoms with Gasteiger partial charge in [0.15, 0.2) is 0 Å². The average molecular weight is 277 g/mol. The van der Waals surface area contributed by atoms with Gasteiger partial charge in [-0.15, -0.1) is 0 Å². The van der Waals surface area contributed by atoms with Crippen LogP contribution in [0.15, 0.2) is 12.1 Å². The van der Waals surface area contributed by atoms with Gasteiger partial charge in [-0.25, -0.2) is 0 Å². The van der Waals surface area contributed by atoms with Gasteiger partial charge in [-0.3, -0.25) is 14.4 Å². The number of benzene rings is 1. The molecule has 0 radical (unpaired) electrons. The Kier molecular flexibility index (Phi) is 3.59. The van der Waals surface area contributed by atoms with Gasteiger partial charge < -0.3 is 15.1 Å². The number of aryl methyl sites for hydroxylation is 2. The van der Waals surface area contributed by atoms with Gasteiger partial charge in [0.05, 0.1) is 30.3 Å². The molecule has 1 atom stereocenters. The van der Waals surface area contributed by atoms with E-state index in [4.69, 9.17) is 5.11 Å². The fraction of sp³-hybridized carbons (Fsp3) is 0.357. The quantitative estimate of drug-likeness (QED) is 0.789. The lowest BCUT2D eigenvalue weighted by atomic mass is 10.0. The second-order valence-corrected chi connectivity index (χ2v) is 4.97. The number of carboxylic acid groups (broad SMARTS) is 1. The molecule has 1 aromatic carbocycles. The van der Waals surface area contributed by atoms with E-state index < -0.39 is 30.2 Å². The number of carbonyl (C=O) groups is 3. The first-order chi connectivity index (χ1) is 9.31. The van der Waals surface area contributed by atoms with E-state index in [1.165, 1.54) is 4.90 Å². The third kappa shape index (κ3) is 2.42. The molecule has 20 heavy (non-hydrogen) atoms. The van der Waals surface area contributed by atoms with Crippen molar-refractivity contribution in [2.75, 3.05) is 11.4 Å². The van der Waals surface area contributed by atoms with E-state index >= 15 is 0 Å². The van der Waals surface area contributed by atoms with Crippen LogP contribution < -0.4 is 4.90 Å². The van der Waals surface area contributed by atoms with Crippen molar-refractivity contribution in [1.29, 1.82) is 0 Å². The van der Waals surface area contributed by atoms with E-state index in [0.29, 0.717) is 11.3 Å². The molecule has 0 spiro atoms. The van der Waals surface area contributed by atoms with Gasteiger partial charge in [-0.05, 0) is 31.0 Å². The Balaban J connectivity index is 2.36. The molecule has 6 nitrogen and oxygen atoms in total. The summed E-state index contributed by atoms with van der Waals surface area (Å²) in [6.45, 7) is 3.40. The monoisotopic (exact) mass is 277 g/mol. The summed E-state index contributed by atoms with van der Waals surface area (Å²) in [4.78, 5) is 35.6. The van der Waals surface area contributed by atoms with Crippen molar-refractivity contribution in [2.45, 2.75) is 26.4 Å². The van der Waals surface area contributed by atoms with Crippen molar-refractivity contribution in [2.24, 2.45) is 0 Å². The van der Waals surface area contributed by atoms with Crippen molar-refractivity contribution in [3.8, 4) is 0 Å². The number of hydrogen-bond donors (Lipinski definition) is 2. The van der Waals surface area contributed by atoms with Crippen molar-refractivity contribution in [3.05, 3.63) is 28.8 Å². The van der Waals surface area contributed by atoms with Gasteiger partial charge in [0.25, 0.3) is 11.7 Å².